The summed E-state index contributed by atoms with van der Waals surface area (Å²) in [5.41, 5.74) is 5.92. The monoisotopic (exact) mass is 676 g/mol. The Bertz CT molecular complexity index is 1910. The maximum atomic E-state index is 13.2. The van der Waals surface area contributed by atoms with Crippen LogP contribution in [0, 0.1) is 6.92 Å². The standard InChI is InChI=1S/C39H40N4O5S/c1-23-6-10-27(11-7-23)34(44)28-16-14-26(15-17-28)30-21-40-35(41-22-30)29-12-8-25(9-13-29)20-31(36(45)42-24(2)38(47)48)43-37(46)32-18-19-33(49-32)39(3,4)5/h6-19,21-22,24,31,34,44H,20H2,1-5H3,(H,42,45)(H,43,46)(H,47,48)/t24-,31+,34?/m1/s1. The van der Waals surface area contributed by atoms with Crippen molar-refractivity contribution in [1.29, 1.82) is 0 Å². The van der Waals surface area contributed by atoms with E-state index >= 15 is 0 Å². The highest BCUT2D eigenvalue weighted by Gasteiger charge is 2.26. The molecule has 0 aliphatic rings. The molecule has 252 valence electrons. The summed E-state index contributed by atoms with van der Waals surface area (Å²) in [6, 6.07) is 24.4. The first-order valence-electron chi connectivity index (χ1n) is 16.0. The molecule has 2 aromatic heterocycles. The van der Waals surface area contributed by atoms with Crippen molar-refractivity contribution in [3.8, 4) is 22.5 Å². The van der Waals surface area contributed by atoms with Crippen molar-refractivity contribution in [2.45, 2.75) is 64.6 Å². The van der Waals surface area contributed by atoms with Crippen LogP contribution in [0.25, 0.3) is 22.5 Å². The van der Waals surface area contributed by atoms with Crippen LogP contribution in [0.5, 0.6) is 0 Å². The first-order chi connectivity index (χ1) is 23.3. The van der Waals surface area contributed by atoms with Crippen molar-refractivity contribution in [2.24, 2.45) is 0 Å². The Morgan fingerprint density at radius 1 is 0.776 bits per heavy atom. The maximum absolute atomic E-state index is 13.2. The van der Waals surface area contributed by atoms with E-state index in [9.17, 15) is 24.6 Å². The SMILES string of the molecule is Cc1ccc(C(O)c2ccc(-c3cnc(-c4ccc(C[C@H](NC(=O)c5ccc(C(C)(C)C)s5)C(=O)N[C@H](C)C(=O)O)cc4)nc3)cc2)cc1. The number of thiophene rings is 1. The van der Waals surface area contributed by atoms with Crippen LogP contribution in [-0.2, 0) is 21.4 Å². The molecule has 3 aromatic carbocycles. The minimum atomic E-state index is -1.17. The molecule has 0 saturated heterocycles. The molecule has 1 unspecified atom stereocenters. The molecule has 0 radical (unpaired) electrons. The number of aliphatic hydroxyl groups is 1. The number of carbonyl (C=O) groups is 3. The van der Waals surface area contributed by atoms with Crippen molar-refractivity contribution in [3.63, 3.8) is 0 Å². The van der Waals surface area contributed by atoms with Gasteiger partial charge >= 0.3 is 5.97 Å². The average molecular weight is 677 g/mol. The summed E-state index contributed by atoms with van der Waals surface area (Å²) in [7, 11) is 0. The van der Waals surface area contributed by atoms with E-state index in [0.29, 0.717) is 10.7 Å². The Morgan fingerprint density at radius 2 is 1.35 bits per heavy atom. The molecule has 0 fully saturated rings. The smallest absolute Gasteiger partial charge is 0.325 e. The van der Waals surface area contributed by atoms with Crippen molar-refractivity contribution in [1.82, 2.24) is 20.6 Å². The Labute approximate surface area is 290 Å². The van der Waals surface area contributed by atoms with Crippen LogP contribution in [-0.4, -0.2) is 50.0 Å². The van der Waals surface area contributed by atoms with Crippen LogP contribution in [0.15, 0.2) is 97.3 Å². The minimum Gasteiger partial charge on any atom is -0.480 e. The number of aryl methyl sites for hydroxylation is 1. The summed E-state index contributed by atoms with van der Waals surface area (Å²) in [6.07, 6.45) is 2.93. The van der Waals surface area contributed by atoms with Gasteiger partial charge < -0.3 is 20.8 Å². The Hall–Kier alpha value is -5.19. The topological polar surface area (TPSA) is 142 Å². The number of hydrogen-bond acceptors (Lipinski definition) is 7. The molecule has 0 spiro atoms. The average Bonchev–Trinajstić information content (AvgIpc) is 3.60. The van der Waals surface area contributed by atoms with Gasteiger partial charge in [0.2, 0.25) is 5.91 Å². The number of aromatic nitrogens is 2. The van der Waals surface area contributed by atoms with Crippen LogP contribution < -0.4 is 10.6 Å². The van der Waals surface area contributed by atoms with Crippen LogP contribution in [0.2, 0.25) is 0 Å². The zero-order valence-corrected chi connectivity index (χ0v) is 28.9. The van der Waals surface area contributed by atoms with Gasteiger partial charge in [-0.05, 0) is 53.6 Å². The number of aliphatic carboxylic acids is 1. The third-order valence-corrected chi connectivity index (χ3v) is 9.69. The molecule has 4 N–H and O–H groups in total. The van der Waals surface area contributed by atoms with Gasteiger partial charge in [-0.15, -0.1) is 11.3 Å². The van der Waals surface area contributed by atoms with Gasteiger partial charge in [0.05, 0.1) is 4.88 Å². The molecule has 2 amide bonds. The second kappa shape index (κ2) is 14.9. The Kier molecular flexibility index (Phi) is 10.7. The number of benzene rings is 3. The van der Waals surface area contributed by atoms with Crippen molar-refractivity contribution >= 4 is 29.1 Å². The highest BCUT2D eigenvalue weighted by Crippen LogP contribution is 2.30. The van der Waals surface area contributed by atoms with Crippen LogP contribution in [0.3, 0.4) is 0 Å². The number of carbonyl (C=O) groups excluding carboxylic acids is 2. The summed E-state index contributed by atoms with van der Waals surface area (Å²) in [5.74, 6) is -1.63. The zero-order chi connectivity index (χ0) is 35.3. The quantitative estimate of drug-likeness (QED) is 0.125. The summed E-state index contributed by atoms with van der Waals surface area (Å²) >= 11 is 1.37. The van der Waals surface area contributed by atoms with Crippen LogP contribution in [0.4, 0.5) is 0 Å². The number of amides is 2. The maximum Gasteiger partial charge on any atom is 0.325 e. The summed E-state index contributed by atoms with van der Waals surface area (Å²) < 4.78 is 0. The molecule has 10 heteroatoms. The summed E-state index contributed by atoms with van der Waals surface area (Å²) in [5, 5.41) is 25.4. The lowest BCUT2D eigenvalue weighted by Gasteiger charge is -2.20. The van der Waals surface area contributed by atoms with Gasteiger partial charge in [-0.25, -0.2) is 9.97 Å². The summed E-state index contributed by atoms with van der Waals surface area (Å²) in [6.45, 7) is 9.57. The molecular weight excluding hydrogens is 637 g/mol. The van der Waals surface area contributed by atoms with E-state index in [1.165, 1.54) is 18.3 Å². The molecule has 49 heavy (non-hydrogen) atoms. The lowest BCUT2D eigenvalue weighted by molar-refractivity contribution is -0.141. The van der Waals surface area contributed by atoms with Gasteiger partial charge in [-0.2, -0.15) is 0 Å². The van der Waals surface area contributed by atoms with Crippen LogP contribution in [0.1, 0.15) is 70.6 Å². The number of carboxylic acid groups (broad SMARTS) is 1. The fraction of sp³-hybridized carbons (Fsp3) is 0.256. The zero-order valence-electron chi connectivity index (χ0n) is 28.1. The first-order valence-corrected chi connectivity index (χ1v) is 16.8. The van der Waals surface area contributed by atoms with E-state index in [4.69, 9.17) is 0 Å². The van der Waals surface area contributed by atoms with E-state index in [2.05, 4.69) is 41.4 Å². The third kappa shape index (κ3) is 8.84. The number of rotatable bonds is 11. The van der Waals surface area contributed by atoms with Gasteiger partial charge in [0, 0.05) is 34.8 Å². The lowest BCUT2D eigenvalue weighted by atomic mass is 9.95. The Morgan fingerprint density at radius 3 is 1.90 bits per heavy atom. The highest BCUT2D eigenvalue weighted by atomic mass is 32.1. The van der Waals surface area contributed by atoms with Gasteiger partial charge in [0.25, 0.3) is 5.91 Å². The molecule has 0 aliphatic carbocycles. The predicted octanol–water partition coefficient (Wildman–Crippen LogP) is 6.49. The van der Waals surface area contributed by atoms with E-state index in [-0.39, 0.29) is 11.8 Å². The fourth-order valence-electron chi connectivity index (χ4n) is 5.13. The number of hydrogen-bond donors (Lipinski definition) is 4. The number of aliphatic hydroxyl groups excluding tert-OH is 1. The van der Waals surface area contributed by atoms with Gasteiger partial charge in [0.1, 0.15) is 18.2 Å². The normalized spacial score (nSPS) is 13.3. The predicted molar refractivity (Wildman–Crippen MR) is 191 cm³/mol. The van der Waals surface area contributed by atoms with Gasteiger partial charge in [-0.1, -0.05) is 99.1 Å². The largest absolute Gasteiger partial charge is 0.480 e. The number of carboxylic acids is 1. The van der Waals surface area contributed by atoms with E-state index < -0.39 is 36.0 Å². The fourth-order valence-corrected chi connectivity index (χ4v) is 6.10. The molecule has 0 saturated carbocycles. The second-order valence-electron chi connectivity index (χ2n) is 13.1. The van der Waals surface area contributed by atoms with Crippen molar-refractivity contribution < 1.29 is 24.6 Å². The van der Waals surface area contributed by atoms with Crippen molar-refractivity contribution in [3.05, 3.63) is 129 Å². The third-order valence-electron chi connectivity index (χ3n) is 8.18. The molecule has 5 rings (SSSR count). The van der Waals surface area contributed by atoms with Crippen molar-refractivity contribution in [2.75, 3.05) is 0 Å². The molecule has 3 atom stereocenters. The first kappa shape index (κ1) is 35.1. The lowest BCUT2D eigenvalue weighted by Crippen LogP contribution is -2.51. The Balaban J connectivity index is 1.27. The molecule has 5 aromatic rings. The van der Waals surface area contributed by atoms with E-state index in [0.717, 1.165) is 43.8 Å². The number of nitrogens with one attached hydrogen (secondary N) is 2. The summed E-state index contributed by atoms with van der Waals surface area (Å²) in [4.78, 5) is 48.4. The van der Waals surface area contributed by atoms with Crippen LogP contribution >= 0.6 is 11.3 Å². The van der Waals surface area contributed by atoms with E-state index in [1.807, 2.05) is 85.8 Å². The highest BCUT2D eigenvalue weighted by molar-refractivity contribution is 7.14. The molecule has 0 aliphatic heterocycles. The van der Waals surface area contributed by atoms with Gasteiger partial charge in [-0.3, -0.25) is 14.4 Å². The minimum absolute atomic E-state index is 0.124. The molecule has 0 bridgehead atoms. The molecule has 2 heterocycles. The second-order valence-corrected chi connectivity index (χ2v) is 14.2. The van der Waals surface area contributed by atoms with E-state index in [1.54, 1.807) is 18.5 Å². The molecular formula is C39H40N4O5S. The van der Waals surface area contributed by atoms with Gasteiger partial charge in [0.15, 0.2) is 5.82 Å². The number of nitrogens with zero attached hydrogens (tertiary/aromatic N) is 2. The molecule has 9 nitrogen and oxygen atoms in total.